The summed E-state index contributed by atoms with van der Waals surface area (Å²) in [6.07, 6.45) is 0. The van der Waals surface area contributed by atoms with Crippen molar-refractivity contribution in [3.8, 4) is 0 Å². The van der Waals surface area contributed by atoms with Crippen molar-refractivity contribution in [3.63, 3.8) is 0 Å². The second-order valence-corrected chi connectivity index (χ2v) is 11.3. The molecule has 4 aromatic carbocycles. The van der Waals surface area contributed by atoms with Gasteiger partial charge in [-0.25, -0.2) is 0 Å². The average Bonchev–Trinajstić information content (AvgIpc) is 2.77. The van der Waals surface area contributed by atoms with E-state index >= 15 is 0 Å². The quantitative estimate of drug-likeness (QED) is 0.365. The van der Waals surface area contributed by atoms with Gasteiger partial charge in [0.05, 0.1) is 0 Å². The highest BCUT2D eigenvalue weighted by atomic mass is 31.2. The number of rotatable bonds is 5. The Balaban J connectivity index is 2.00. The first-order chi connectivity index (χ1) is 13.4. The van der Waals surface area contributed by atoms with E-state index < -0.39 is 6.89 Å². The molecule has 0 unspecified atom stereocenters. The Hall–Kier alpha value is -2.60. The van der Waals surface area contributed by atoms with E-state index in [4.69, 9.17) is 0 Å². The van der Waals surface area contributed by atoms with Crippen molar-refractivity contribution in [2.24, 2.45) is 0 Å². The van der Waals surface area contributed by atoms with Gasteiger partial charge in [-0.15, -0.1) is 0 Å². The van der Waals surface area contributed by atoms with Crippen molar-refractivity contribution < 1.29 is 0 Å². The largest absolute Gasteiger partial charge is 0.112 e. The first-order valence-electron chi connectivity index (χ1n) is 9.11. The van der Waals surface area contributed by atoms with Crippen molar-refractivity contribution in [3.05, 3.63) is 121 Å². The lowest BCUT2D eigenvalue weighted by Crippen LogP contribution is -2.30. The van der Waals surface area contributed by atoms with Gasteiger partial charge in [0.15, 0.2) is 0 Å². The van der Waals surface area contributed by atoms with Crippen LogP contribution < -0.4 is 21.1 Å². The topological polar surface area (TPSA) is 0 Å². The van der Waals surface area contributed by atoms with Crippen molar-refractivity contribution in [2.45, 2.75) is 0 Å². The maximum Gasteiger partial charge on any atom is 0.112 e. The SMILES string of the molecule is C([Si]c1ccccc1)=P(c1ccccc1)(c1ccccc1)c1ccccc1. The van der Waals surface area contributed by atoms with E-state index in [-0.39, 0.29) is 0 Å². The van der Waals surface area contributed by atoms with Crippen molar-refractivity contribution in [2.75, 3.05) is 0 Å². The lowest BCUT2D eigenvalue weighted by atomic mass is 10.4. The third kappa shape index (κ3) is 3.76. The standard InChI is InChI=1S/C25H21PSi/c1-5-13-22(14-6-1)26(23-15-7-2-8-16-23,24-17-9-3-10-18-24)21-27-25-19-11-4-12-20-25/h1-21H. The zero-order chi connectivity index (χ0) is 18.4. The number of benzene rings is 4. The summed E-state index contributed by atoms with van der Waals surface area (Å²) in [5.41, 5.74) is 2.60. The van der Waals surface area contributed by atoms with Crippen LogP contribution in [0.15, 0.2) is 121 Å². The van der Waals surface area contributed by atoms with Gasteiger partial charge in [0.2, 0.25) is 0 Å². The van der Waals surface area contributed by atoms with E-state index in [0.29, 0.717) is 9.52 Å². The normalized spacial score (nSPS) is 11.1. The predicted molar refractivity (Wildman–Crippen MR) is 123 cm³/mol. The Morgan fingerprint density at radius 1 is 0.444 bits per heavy atom. The molecule has 130 valence electrons. The summed E-state index contributed by atoms with van der Waals surface area (Å²) < 4.78 is 0. The highest BCUT2D eigenvalue weighted by Gasteiger charge is 2.24. The monoisotopic (exact) mass is 380 g/mol. The van der Waals surface area contributed by atoms with E-state index in [2.05, 4.69) is 127 Å². The van der Waals surface area contributed by atoms with Gasteiger partial charge in [-0.05, 0) is 22.8 Å². The van der Waals surface area contributed by atoms with Crippen LogP contribution in [-0.4, -0.2) is 14.9 Å². The summed E-state index contributed by atoms with van der Waals surface area (Å²) in [4.78, 5) is 0. The summed E-state index contributed by atoms with van der Waals surface area (Å²) in [7, 11) is 0.657. The van der Waals surface area contributed by atoms with Crippen LogP contribution in [0.1, 0.15) is 0 Å². The highest BCUT2D eigenvalue weighted by molar-refractivity contribution is 7.96. The predicted octanol–water partition coefficient (Wildman–Crippen LogP) is 3.77. The molecule has 27 heavy (non-hydrogen) atoms. The fourth-order valence-corrected chi connectivity index (χ4v) is 9.73. The van der Waals surface area contributed by atoms with E-state index in [9.17, 15) is 0 Å². The van der Waals surface area contributed by atoms with Crippen LogP contribution in [0.25, 0.3) is 0 Å². The van der Waals surface area contributed by atoms with Crippen LogP contribution in [0, 0.1) is 0 Å². The molecule has 4 rings (SSSR count). The molecule has 0 aromatic heterocycles. The summed E-state index contributed by atoms with van der Waals surface area (Å²) >= 11 is 0. The van der Waals surface area contributed by atoms with Gasteiger partial charge in [0.25, 0.3) is 0 Å². The van der Waals surface area contributed by atoms with Gasteiger partial charge in [0, 0.05) is 0 Å². The Kier molecular flexibility index (Phi) is 5.53. The van der Waals surface area contributed by atoms with Crippen molar-refractivity contribution in [1.29, 1.82) is 0 Å². The molecule has 0 aliphatic rings. The molecule has 0 saturated heterocycles. The fraction of sp³-hybridized carbons (Fsp3) is 0. The number of hydrogen-bond acceptors (Lipinski definition) is 0. The molecule has 0 aliphatic heterocycles. The first-order valence-corrected chi connectivity index (χ1v) is 12.0. The van der Waals surface area contributed by atoms with E-state index in [1.807, 2.05) is 0 Å². The Morgan fingerprint density at radius 3 is 1.15 bits per heavy atom. The van der Waals surface area contributed by atoms with Gasteiger partial charge >= 0.3 is 0 Å². The molecular weight excluding hydrogens is 359 g/mol. The smallest absolute Gasteiger partial charge is 0.0829 e. The number of hydrogen-bond donors (Lipinski definition) is 0. The molecule has 2 heteroatoms. The van der Waals surface area contributed by atoms with Crippen molar-refractivity contribution in [1.82, 2.24) is 0 Å². The van der Waals surface area contributed by atoms with E-state index in [1.54, 1.807) is 0 Å². The average molecular weight is 381 g/mol. The second kappa shape index (κ2) is 8.39. The molecule has 0 heterocycles. The maximum atomic E-state index is 2.60. The molecule has 0 aliphatic carbocycles. The zero-order valence-electron chi connectivity index (χ0n) is 15.1. The molecule has 0 saturated carbocycles. The van der Waals surface area contributed by atoms with E-state index in [0.717, 1.165) is 0 Å². The van der Waals surface area contributed by atoms with Crippen LogP contribution in [0.2, 0.25) is 0 Å². The zero-order valence-corrected chi connectivity index (χ0v) is 17.0. The highest BCUT2D eigenvalue weighted by Crippen LogP contribution is 2.43. The summed E-state index contributed by atoms with van der Waals surface area (Å²) in [6, 6.07) is 43.8. The summed E-state index contributed by atoms with van der Waals surface area (Å²) in [5, 5.41) is 5.60. The second-order valence-electron chi connectivity index (χ2n) is 6.37. The molecule has 0 nitrogen and oxygen atoms in total. The Labute approximate surface area is 164 Å². The van der Waals surface area contributed by atoms with E-state index in [1.165, 1.54) is 21.1 Å². The Morgan fingerprint density at radius 2 is 0.778 bits per heavy atom. The van der Waals surface area contributed by atoms with Crippen LogP contribution in [-0.2, 0) is 0 Å². The molecule has 4 aromatic rings. The van der Waals surface area contributed by atoms with Gasteiger partial charge in [0.1, 0.15) is 9.52 Å². The molecule has 0 spiro atoms. The molecule has 0 bridgehead atoms. The lowest BCUT2D eigenvalue weighted by Gasteiger charge is -2.29. The lowest BCUT2D eigenvalue weighted by molar-refractivity contribution is 1.73. The van der Waals surface area contributed by atoms with Crippen LogP contribution >= 0.6 is 6.89 Å². The van der Waals surface area contributed by atoms with Crippen LogP contribution in [0.3, 0.4) is 0 Å². The van der Waals surface area contributed by atoms with Gasteiger partial charge in [-0.2, -0.15) is 0 Å². The minimum absolute atomic E-state index is 0.657. The third-order valence-electron chi connectivity index (χ3n) is 4.69. The molecule has 0 amide bonds. The van der Waals surface area contributed by atoms with Gasteiger partial charge in [-0.1, -0.05) is 132 Å². The van der Waals surface area contributed by atoms with Crippen LogP contribution in [0.5, 0.6) is 0 Å². The molecule has 0 atom stereocenters. The molecule has 2 radical (unpaired) electrons. The first kappa shape index (κ1) is 17.8. The Bertz CT molecular complexity index is 923. The minimum Gasteiger partial charge on any atom is -0.0829 e. The molecule has 0 N–H and O–H groups in total. The van der Waals surface area contributed by atoms with Gasteiger partial charge < -0.3 is 0 Å². The minimum atomic E-state index is -1.83. The molecular formula is C25H21PSi. The third-order valence-corrected chi connectivity index (χ3v) is 10.8. The van der Waals surface area contributed by atoms with Crippen LogP contribution in [0.4, 0.5) is 0 Å². The van der Waals surface area contributed by atoms with Crippen molar-refractivity contribution >= 4 is 42.9 Å². The van der Waals surface area contributed by atoms with Gasteiger partial charge in [-0.3, -0.25) is 0 Å². The fourth-order valence-electron chi connectivity index (χ4n) is 3.37. The maximum absolute atomic E-state index is 2.60. The summed E-state index contributed by atoms with van der Waals surface area (Å²) in [6.45, 7) is -1.83. The molecule has 0 fully saturated rings. The summed E-state index contributed by atoms with van der Waals surface area (Å²) in [5.74, 6) is 0.